The van der Waals surface area contributed by atoms with Gasteiger partial charge in [-0.15, -0.1) is 0 Å². The second-order valence-corrected chi connectivity index (χ2v) is 4.01. The van der Waals surface area contributed by atoms with E-state index < -0.39 is 0 Å². The molecule has 0 radical (unpaired) electrons. The van der Waals surface area contributed by atoms with Crippen molar-refractivity contribution in [3.63, 3.8) is 0 Å². The van der Waals surface area contributed by atoms with Crippen molar-refractivity contribution < 1.29 is 9.47 Å². The topological polar surface area (TPSA) is 21.7 Å². The Hall–Kier alpha value is -0.120. The van der Waals surface area contributed by atoms with Crippen molar-refractivity contribution in [1.29, 1.82) is 0 Å². The molecule has 2 aliphatic rings. The zero-order valence-corrected chi connectivity index (χ0v) is 8.37. The number of ether oxygens (including phenoxy) is 2. The molecule has 0 aromatic heterocycles. The minimum absolute atomic E-state index is 0.650. The average molecular weight is 185 g/mol. The molecule has 2 heterocycles. The fourth-order valence-corrected chi connectivity index (χ4v) is 2.49. The molecular formula is C10H19NO2. The van der Waals surface area contributed by atoms with Crippen molar-refractivity contribution in [2.45, 2.75) is 31.3 Å². The Kier molecular flexibility index (Phi) is 3.19. The Balaban J connectivity index is 1.88. The highest BCUT2D eigenvalue weighted by Crippen LogP contribution is 2.24. The third-order valence-corrected chi connectivity index (χ3v) is 3.16. The standard InChI is InChI=1S/C10H19NO2/c1-12-7-9-3-2-5-11(9)10-4-6-13-8-10/h9-10H,2-8H2,1H3/t9-,10?/m1/s1. The highest BCUT2D eigenvalue weighted by atomic mass is 16.5. The average Bonchev–Trinajstić information content (AvgIpc) is 2.71. The lowest BCUT2D eigenvalue weighted by Gasteiger charge is -2.28. The van der Waals surface area contributed by atoms with E-state index in [2.05, 4.69) is 4.90 Å². The van der Waals surface area contributed by atoms with E-state index >= 15 is 0 Å². The molecule has 76 valence electrons. The van der Waals surface area contributed by atoms with Gasteiger partial charge in [0.15, 0.2) is 0 Å². The molecule has 13 heavy (non-hydrogen) atoms. The number of nitrogens with zero attached hydrogens (tertiary/aromatic N) is 1. The molecule has 2 saturated heterocycles. The van der Waals surface area contributed by atoms with Gasteiger partial charge in [-0.2, -0.15) is 0 Å². The molecule has 1 unspecified atom stereocenters. The fraction of sp³-hybridized carbons (Fsp3) is 1.00. The molecular weight excluding hydrogens is 166 g/mol. The van der Waals surface area contributed by atoms with Crippen molar-refractivity contribution >= 4 is 0 Å². The summed E-state index contributed by atoms with van der Waals surface area (Å²) in [7, 11) is 1.79. The van der Waals surface area contributed by atoms with Gasteiger partial charge >= 0.3 is 0 Å². The first-order chi connectivity index (χ1) is 6.42. The van der Waals surface area contributed by atoms with Gasteiger partial charge in [-0.25, -0.2) is 0 Å². The largest absolute Gasteiger partial charge is 0.383 e. The molecule has 3 nitrogen and oxygen atoms in total. The molecule has 0 aromatic rings. The summed E-state index contributed by atoms with van der Waals surface area (Å²) in [6.45, 7) is 4.00. The van der Waals surface area contributed by atoms with E-state index in [1.165, 1.54) is 25.8 Å². The van der Waals surface area contributed by atoms with E-state index in [4.69, 9.17) is 9.47 Å². The van der Waals surface area contributed by atoms with Crippen molar-refractivity contribution in [2.24, 2.45) is 0 Å². The Morgan fingerprint density at radius 3 is 3.08 bits per heavy atom. The molecule has 0 amide bonds. The normalized spacial score (nSPS) is 35.8. The Labute approximate surface area is 80.0 Å². The maximum atomic E-state index is 5.41. The van der Waals surface area contributed by atoms with E-state index in [1.807, 2.05) is 0 Å². The zero-order valence-electron chi connectivity index (χ0n) is 8.37. The third-order valence-electron chi connectivity index (χ3n) is 3.16. The van der Waals surface area contributed by atoms with Crippen LogP contribution in [0.5, 0.6) is 0 Å². The first-order valence-corrected chi connectivity index (χ1v) is 5.24. The number of rotatable bonds is 3. The van der Waals surface area contributed by atoms with Crippen LogP contribution in [0.25, 0.3) is 0 Å². The molecule has 3 heteroatoms. The molecule has 0 spiro atoms. The Morgan fingerprint density at radius 1 is 1.46 bits per heavy atom. The lowest BCUT2D eigenvalue weighted by molar-refractivity contribution is 0.0803. The van der Waals surface area contributed by atoms with E-state index in [0.29, 0.717) is 12.1 Å². The van der Waals surface area contributed by atoms with Crippen LogP contribution in [0.2, 0.25) is 0 Å². The maximum absolute atomic E-state index is 5.41. The maximum Gasteiger partial charge on any atom is 0.0622 e. The van der Waals surface area contributed by atoms with Crippen molar-refractivity contribution in [1.82, 2.24) is 4.90 Å². The van der Waals surface area contributed by atoms with Gasteiger partial charge in [0, 0.05) is 25.8 Å². The summed E-state index contributed by atoms with van der Waals surface area (Å²) < 4.78 is 10.6. The summed E-state index contributed by atoms with van der Waals surface area (Å²) in [4.78, 5) is 2.58. The van der Waals surface area contributed by atoms with Gasteiger partial charge in [-0.1, -0.05) is 0 Å². The predicted molar refractivity (Wildman–Crippen MR) is 50.8 cm³/mol. The molecule has 0 N–H and O–H groups in total. The zero-order chi connectivity index (χ0) is 9.10. The number of methoxy groups -OCH3 is 1. The Morgan fingerprint density at radius 2 is 2.38 bits per heavy atom. The molecule has 2 aliphatic heterocycles. The summed E-state index contributed by atoms with van der Waals surface area (Å²) in [5.41, 5.74) is 0. The molecule has 2 rings (SSSR count). The fourth-order valence-electron chi connectivity index (χ4n) is 2.49. The number of hydrogen-bond acceptors (Lipinski definition) is 3. The smallest absolute Gasteiger partial charge is 0.0622 e. The molecule has 0 saturated carbocycles. The SMILES string of the molecule is COC[C@H]1CCCN1C1CCOC1. The summed E-state index contributed by atoms with van der Waals surface area (Å²) in [5, 5.41) is 0. The van der Waals surface area contributed by atoms with E-state index in [0.717, 1.165) is 19.8 Å². The van der Waals surface area contributed by atoms with E-state index in [1.54, 1.807) is 7.11 Å². The number of likely N-dealkylation sites (tertiary alicyclic amines) is 1. The minimum Gasteiger partial charge on any atom is -0.383 e. The highest BCUT2D eigenvalue weighted by molar-refractivity contribution is 4.86. The van der Waals surface area contributed by atoms with Gasteiger partial charge in [0.2, 0.25) is 0 Å². The van der Waals surface area contributed by atoms with Gasteiger partial charge in [0.25, 0.3) is 0 Å². The van der Waals surface area contributed by atoms with Crippen LogP contribution in [-0.4, -0.2) is 50.5 Å². The van der Waals surface area contributed by atoms with Gasteiger partial charge in [-0.3, -0.25) is 4.90 Å². The molecule has 2 atom stereocenters. The van der Waals surface area contributed by atoms with Gasteiger partial charge in [0.05, 0.1) is 13.2 Å². The van der Waals surface area contributed by atoms with Crippen molar-refractivity contribution in [2.75, 3.05) is 33.5 Å². The number of hydrogen-bond donors (Lipinski definition) is 0. The summed E-state index contributed by atoms with van der Waals surface area (Å²) >= 11 is 0. The quantitative estimate of drug-likeness (QED) is 0.651. The van der Waals surface area contributed by atoms with Gasteiger partial charge < -0.3 is 9.47 Å². The van der Waals surface area contributed by atoms with Crippen LogP contribution >= 0.6 is 0 Å². The first-order valence-electron chi connectivity index (χ1n) is 5.24. The van der Waals surface area contributed by atoms with Crippen molar-refractivity contribution in [3.05, 3.63) is 0 Å². The first kappa shape index (κ1) is 9.44. The third kappa shape index (κ3) is 2.03. The molecule has 0 aliphatic carbocycles. The van der Waals surface area contributed by atoms with Crippen LogP contribution < -0.4 is 0 Å². The second kappa shape index (κ2) is 4.40. The van der Waals surface area contributed by atoms with Gasteiger partial charge in [0.1, 0.15) is 0 Å². The van der Waals surface area contributed by atoms with Crippen LogP contribution in [0.1, 0.15) is 19.3 Å². The van der Waals surface area contributed by atoms with Crippen molar-refractivity contribution in [3.8, 4) is 0 Å². The Bertz CT molecular complexity index is 157. The van der Waals surface area contributed by atoms with Gasteiger partial charge in [-0.05, 0) is 25.8 Å². The summed E-state index contributed by atoms with van der Waals surface area (Å²) in [6.07, 6.45) is 3.83. The summed E-state index contributed by atoms with van der Waals surface area (Å²) in [5.74, 6) is 0. The lowest BCUT2D eigenvalue weighted by atomic mass is 10.2. The summed E-state index contributed by atoms with van der Waals surface area (Å²) in [6, 6.07) is 1.32. The predicted octanol–water partition coefficient (Wildman–Crippen LogP) is 0.886. The monoisotopic (exact) mass is 185 g/mol. The second-order valence-electron chi connectivity index (χ2n) is 4.01. The van der Waals surface area contributed by atoms with Crippen LogP contribution in [0.15, 0.2) is 0 Å². The lowest BCUT2D eigenvalue weighted by Crippen LogP contribution is -2.41. The van der Waals surface area contributed by atoms with E-state index in [9.17, 15) is 0 Å². The van der Waals surface area contributed by atoms with Crippen LogP contribution in [0, 0.1) is 0 Å². The molecule has 0 aromatic carbocycles. The highest BCUT2D eigenvalue weighted by Gasteiger charge is 2.32. The van der Waals surface area contributed by atoms with Crippen LogP contribution in [0.3, 0.4) is 0 Å². The van der Waals surface area contributed by atoms with Crippen LogP contribution in [-0.2, 0) is 9.47 Å². The molecule has 0 bridgehead atoms. The van der Waals surface area contributed by atoms with E-state index in [-0.39, 0.29) is 0 Å². The molecule has 2 fully saturated rings. The minimum atomic E-state index is 0.650. The van der Waals surface area contributed by atoms with Crippen LogP contribution in [0.4, 0.5) is 0 Å².